The molecule has 162 valence electrons. The lowest BCUT2D eigenvalue weighted by Crippen LogP contribution is -2.55. The molecule has 1 aromatic carbocycles. The molecule has 3 aromatic heterocycles. The SMILES string of the molecule is Cn1cnc2c(N3C4CCC3CN(CC(=O)Nc3cccc5ncccc35)C4)ncnc21. The number of carbonyl (C=O) groups is 1. The lowest BCUT2D eigenvalue weighted by molar-refractivity contribution is -0.117. The summed E-state index contributed by atoms with van der Waals surface area (Å²) in [5.41, 5.74) is 3.38. The second kappa shape index (κ2) is 7.52. The number of hydrogen-bond donors (Lipinski definition) is 1. The second-order valence-corrected chi connectivity index (χ2v) is 8.64. The van der Waals surface area contributed by atoms with Gasteiger partial charge in [-0.1, -0.05) is 6.07 Å². The standard InChI is InChI=1S/C23H24N8O/c1-29-14-27-21-22(29)25-13-26-23(21)31-15-7-8-16(31)11-30(10-15)12-20(32)28-19-6-2-5-18-17(19)4-3-9-24-18/h2-6,9,13-16H,7-8,10-12H2,1H3,(H,28,32). The van der Waals surface area contributed by atoms with E-state index < -0.39 is 0 Å². The van der Waals surface area contributed by atoms with Gasteiger partial charge in [0.1, 0.15) is 6.33 Å². The van der Waals surface area contributed by atoms with E-state index >= 15 is 0 Å². The average molecular weight is 429 g/mol. The van der Waals surface area contributed by atoms with Crippen molar-refractivity contribution in [2.45, 2.75) is 24.9 Å². The molecule has 2 aliphatic heterocycles. The summed E-state index contributed by atoms with van der Waals surface area (Å²) in [4.78, 5) is 35.4. The zero-order chi connectivity index (χ0) is 21.7. The maximum atomic E-state index is 12.9. The summed E-state index contributed by atoms with van der Waals surface area (Å²) in [6.07, 6.45) is 7.36. The molecule has 1 N–H and O–H groups in total. The fourth-order valence-electron chi connectivity index (χ4n) is 5.19. The summed E-state index contributed by atoms with van der Waals surface area (Å²) >= 11 is 0. The van der Waals surface area contributed by atoms with Gasteiger partial charge in [0.05, 0.1) is 24.1 Å². The van der Waals surface area contributed by atoms with Gasteiger partial charge in [0.25, 0.3) is 0 Å². The van der Waals surface area contributed by atoms with Gasteiger partial charge in [-0.2, -0.15) is 0 Å². The van der Waals surface area contributed by atoms with Crippen LogP contribution in [-0.4, -0.2) is 67.0 Å². The van der Waals surface area contributed by atoms with Crippen molar-refractivity contribution >= 4 is 39.5 Å². The molecular formula is C23H24N8O. The van der Waals surface area contributed by atoms with Crippen molar-refractivity contribution in [1.29, 1.82) is 0 Å². The van der Waals surface area contributed by atoms with Crippen molar-refractivity contribution in [3.05, 3.63) is 49.2 Å². The first kappa shape index (κ1) is 19.1. The Morgan fingerprint density at radius 3 is 2.75 bits per heavy atom. The highest BCUT2D eigenvalue weighted by atomic mass is 16.2. The molecule has 0 spiro atoms. The first-order valence-electron chi connectivity index (χ1n) is 10.9. The topological polar surface area (TPSA) is 92.1 Å². The van der Waals surface area contributed by atoms with Crippen LogP contribution in [0.5, 0.6) is 0 Å². The van der Waals surface area contributed by atoms with Crippen molar-refractivity contribution in [2.24, 2.45) is 7.05 Å². The second-order valence-electron chi connectivity index (χ2n) is 8.64. The molecule has 5 heterocycles. The quantitative estimate of drug-likeness (QED) is 0.533. The minimum atomic E-state index is 0.00311. The third-order valence-corrected chi connectivity index (χ3v) is 6.57. The molecule has 9 nitrogen and oxygen atoms in total. The van der Waals surface area contributed by atoms with Crippen molar-refractivity contribution in [2.75, 3.05) is 29.9 Å². The Labute approximate surface area is 185 Å². The van der Waals surface area contributed by atoms with Crippen LogP contribution in [0, 0.1) is 0 Å². The van der Waals surface area contributed by atoms with Crippen molar-refractivity contribution in [1.82, 2.24) is 29.4 Å². The van der Waals surface area contributed by atoms with Crippen molar-refractivity contribution < 1.29 is 4.79 Å². The first-order chi connectivity index (χ1) is 15.7. The number of nitrogens with zero attached hydrogens (tertiary/aromatic N) is 7. The molecular weight excluding hydrogens is 404 g/mol. The van der Waals surface area contributed by atoms with Gasteiger partial charge in [0.15, 0.2) is 17.0 Å². The Balaban J connectivity index is 1.18. The molecule has 2 bridgehead atoms. The number of aromatic nitrogens is 5. The Hall–Kier alpha value is -3.59. The Kier molecular flexibility index (Phi) is 4.50. The molecule has 9 heteroatoms. The fraction of sp³-hybridized carbons (Fsp3) is 0.348. The van der Waals surface area contributed by atoms with E-state index in [0.29, 0.717) is 18.6 Å². The number of rotatable bonds is 4. The van der Waals surface area contributed by atoms with E-state index in [9.17, 15) is 4.79 Å². The number of carbonyl (C=O) groups excluding carboxylic acids is 1. The number of piperazine rings is 1. The molecule has 1 amide bonds. The molecule has 2 unspecified atom stereocenters. The number of benzene rings is 1. The van der Waals surface area contributed by atoms with Gasteiger partial charge in [-0.15, -0.1) is 0 Å². The van der Waals surface area contributed by atoms with Crippen LogP contribution in [0.2, 0.25) is 0 Å². The number of anilines is 2. The average Bonchev–Trinajstić information content (AvgIpc) is 3.31. The largest absolute Gasteiger partial charge is 0.346 e. The van der Waals surface area contributed by atoms with Gasteiger partial charge in [-0.3, -0.25) is 14.7 Å². The number of fused-ring (bicyclic) bond motifs is 4. The van der Waals surface area contributed by atoms with E-state index in [0.717, 1.165) is 59.5 Å². The van der Waals surface area contributed by atoms with Crippen molar-refractivity contribution in [3.8, 4) is 0 Å². The normalized spacial score (nSPS) is 20.8. The first-order valence-corrected chi connectivity index (χ1v) is 10.9. The smallest absolute Gasteiger partial charge is 0.238 e. The third kappa shape index (κ3) is 3.16. The highest BCUT2D eigenvalue weighted by molar-refractivity contribution is 6.01. The minimum absolute atomic E-state index is 0.00311. The van der Waals surface area contributed by atoms with Crippen LogP contribution >= 0.6 is 0 Å². The lowest BCUT2D eigenvalue weighted by Gasteiger charge is -2.41. The predicted octanol–water partition coefficient (Wildman–Crippen LogP) is 2.20. The number of aryl methyl sites for hydroxylation is 1. The summed E-state index contributed by atoms with van der Waals surface area (Å²) in [5, 5.41) is 4.04. The monoisotopic (exact) mass is 428 g/mol. The Morgan fingerprint density at radius 1 is 1.06 bits per heavy atom. The minimum Gasteiger partial charge on any atom is -0.346 e. The number of likely N-dealkylation sites (tertiary alicyclic amines) is 1. The van der Waals surface area contributed by atoms with Crippen LogP contribution in [0.1, 0.15) is 12.8 Å². The number of nitrogens with one attached hydrogen (secondary N) is 1. The number of hydrogen-bond acceptors (Lipinski definition) is 7. The summed E-state index contributed by atoms with van der Waals surface area (Å²) in [6.45, 7) is 2.04. The Bertz CT molecular complexity index is 1300. The number of amides is 1. The van der Waals surface area contributed by atoms with Gasteiger partial charge in [-0.25, -0.2) is 15.0 Å². The molecule has 0 radical (unpaired) electrons. The molecule has 2 atom stereocenters. The van der Waals surface area contributed by atoms with Crippen LogP contribution in [-0.2, 0) is 11.8 Å². The van der Waals surface area contributed by atoms with Gasteiger partial charge in [0, 0.05) is 43.8 Å². The predicted molar refractivity (Wildman–Crippen MR) is 122 cm³/mol. The van der Waals surface area contributed by atoms with Gasteiger partial charge >= 0.3 is 0 Å². The molecule has 32 heavy (non-hydrogen) atoms. The molecule has 2 saturated heterocycles. The van der Waals surface area contributed by atoms with E-state index in [2.05, 4.69) is 35.1 Å². The van der Waals surface area contributed by atoms with E-state index in [4.69, 9.17) is 0 Å². The summed E-state index contributed by atoms with van der Waals surface area (Å²) in [5.74, 6) is 0.916. The number of pyridine rings is 1. The van der Waals surface area contributed by atoms with Gasteiger partial charge < -0.3 is 14.8 Å². The fourth-order valence-corrected chi connectivity index (χ4v) is 5.19. The molecule has 6 rings (SSSR count). The highest BCUT2D eigenvalue weighted by Gasteiger charge is 2.42. The molecule has 0 saturated carbocycles. The van der Waals surface area contributed by atoms with Crippen molar-refractivity contribution in [3.63, 3.8) is 0 Å². The van der Waals surface area contributed by atoms with E-state index in [1.54, 1.807) is 18.9 Å². The maximum absolute atomic E-state index is 12.9. The Morgan fingerprint density at radius 2 is 1.91 bits per heavy atom. The summed E-state index contributed by atoms with van der Waals surface area (Å²) < 4.78 is 1.92. The van der Waals surface area contributed by atoms with Crippen LogP contribution in [0.15, 0.2) is 49.2 Å². The molecule has 0 aliphatic carbocycles. The van der Waals surface area contributed by atoms with Gasteiger partial charge in [-0.05, 0) is 37.1 Å². The molecule has 2 fully saturated rings. The van der Waals surface area contributed by atoms with E-state index in [1.165, 1.54) is 0 Å². The van der Waals surface area contributed by atoms with E-state index in [1.807, 2.05) is 41.9 Å². The third-order valence-electron chi connectivity index (χ3n) is 6.57. The molecule has 2 aliphatic rings. The number of imidazole rings is 1. The van der Waals surface area contributed by atoms with Crippen LogP contribution in [0.25, 0.3) is 22.1 Å². The zero-order valence-electron chi connectivity index (χ0n) is 17.8. The maximum Gasteiger partial charge on any atom is 0.238 e. The summed E-state index contributed by atoms with van der Waals surface area (Å²) in [6, 6.07) is 10.3. The van der Waals surface area contributed by atoms with E-state index in [-0.39, 0.29) is 5.91 Å². The van der Waals surface area contributed by atoms with Crippen LogP contribution < -0.4 is 10.2 Å². The van der Waals surface area contributed by atoms with Crippen LogP contribution in [0.3, 0.4) is 0 Å². The highest BCUT2D eigenvalue weighted by Crippen LogP contribution is 2.36. The lowest BCUT2D eigenvalue weighted by atomic mass is 10.1. The van der Waals surface area contributed by atoms with Crippen LogP contribution in [0.4, 0.5) is 11.5 Å². The zero-order valence-corrected chi connectivity index (χ0v) is 17.8. The molecule has 4 aromatic rings. The van der Waals surface area contributed by atoms with Gasteiger partial charge in [0.2, 0.25) is 5.91 Å². The summed E-state index contributed by atoms with van der Waals surface area (Å²) in [7, 11) is 1.95.